The van der Waals surface area contributed by atoms with Crippen LogP contribution in [0.5, 0.6) is 0 Å². The second-order valence-electron chi connectivity index (χ2n) is 4.66. The van der Waals surface area contributed by atoms with E-state index >= 15 is 0 Å². The molecule has 1 aromatic rings. The van der Waals surface area contributed by atoms with E-state index in [1.165, 1.54) is 11.3 Å². The van der Waals surface area contributed by atoms with Gasteiger partial charge in [-0.3, -0.25) is 14.5 Å². The fourth-order valence-electron chi connectivity index (χ4n) is 2.19. The fourth-order valence-corrected chi connectivity index (χ4v) is 3.51. The van der Waals surface area contributed by atoms with Crippen LogP contribution in [-0.2, 0) is 4.79 Å². The lowest BCUT2D eigenvalue weighted by molar-refractivity contribution is -0.128. The first kappa shape index (κ1) is 14.7. The Balaban J connectivity index is 1.89. The summed E-state index contributed by atoms with van der Waals surface area (Å²) in [6.07, 6.45) is 0.932. The maximum atomic E-state index is 12.1. The summed E-state index contributed by atoms with van der Waals surface area (Å²) < 4.78 is 0.981. The minimum Gasteiger partial charge on any atom is -0.342 e. The van der Waals surface area contributed by atoms with E-state index in [9.17, 15) is 9.59 Å². The van der Waals surface area contributed by atoms with Gasteiger partial charge in [0.1, 0.15) is 0 Å². The van der Waals surface area contributed by atoms with E-state index in [1.54, 1.807) is 6.92 Å². The quantitative estimate of drug-likeness (QED) is 0.789. The second kappa shape index (κ2) is 6.63. The highest BCUT2D eigenvalue weighted by Crippen LogP contribution is 2.22. The van der Waals surface area contributed by atoms with Gasteiger partial charge in [0.25, 0.3) is 0 Å². The predicted octanol–water partition coefficient (Wildman–Crippen LogP) is 2.25. The normalized spacial score (nSPS) is 17.3. The molecular weight excluding hydrogens is 328 g/mol. The number of ketones is 1. The van der Waals surface area contributed by atoms with Gasteiger partial charge in [-0.15, -0.1) is 11.3 Å². The number of nitrogens with zero attached hydrogens (tertiary/aromatic N) is 2. The zero-order valence-electron chi connectivity index (χ0n) is 10.9. The number of halogens is 1. The summed E-state index contributed by atoms with van der Waals surface area (Å²) in [5.74, 6) is 0.280. The van der Waals surface area contributed by atoms with E-state index in [4.69, 9.17) is 0 Å². The molecule has 0 spiro atoms. The average molecular weight is 345 g/mol. The number of thiophene rings is 1. The van der Waals surface area contributed by atoms with Gasteiger partial charge < -0.3 is 4.90 Å². The van der Waals surface area contributed by atoms with Crippen molar-refractivity contribution >= 4 is 39.0 Å². The first-order valence-electron chi connectivity index (χ1n) is 6.32. The predicted molar refractivity (Wildman–Crippen MR) is 79.7 cm³/mol. The molecule has 0 saturated carbocycles. The molecule has 0 N–H and O–H groups in total. The van der Waals surface area contributed by atoms with Gasteiger partial charge in [-0.25, -0.2) is 0 Å². The summed E-state index contributed by atoms with van der Waals surface area (Å²) in [7, 11) is 0. The van der Waals surface area contributed by atoms with Crippen molar-refractivity contribution in [1.29, 1.82) is 0 Å². The molecule has 2 rings (SSSR count). The fraction of sp³-hybridized carbons (Fsp3) is 0.538. The number of Topliss-reactive ketones (excluding diaryl/α,β-unsaturated/α-hetero) is 1. The van der Waals surface area contributed by atoms with Gasteiger partial charge in [-0.1, -0.05) is 0 Å². The molecule has 1 saturated heterocycles. The first-order chi connectivity index (χ1) is 9.06. The molecule has 4 nitrogen and oxygen atoms in total. The van der Waals surface area contributed by atoms with Crippen LogP contribution in [-0.4, -0.2) is 54.2 Å². The Morgan fingerprint density at radius 3 is 2.68 bits per heavy atom. The third-order valence-corrected chi connectivity index (χ3v) is 4.91. The van der Waals surface area contributed by atoms with E-state index in [1.807, 2.05) is 17.0 Å². The number of hydrogen-bond donors (Lipinski definition) is 0. The Labute approximate surface area is 125 Å². The van der Waals surface area contributed by atoms with Crippen molar-refractivity contribution in [2.45, 2.75) is 13.3 Å². The Morgan fingerprint density at radius 2 is 2.05 bits per heavy atom. The molecule has 1 amide bonds. The van der Waals surface area contributed by atoms with Crippen LogP contribution >= 0.6 is 27.3 Å². The molecule has 104 valence electrons. The lowest BCUT2D eigenvalue weighted by Crippen LogP contribution is -2.35. The second-order valence-corrected chi connectivity index (χ2v) is 7.13. The highest BCUT2D eigenvalue weighted by atomic mass is 79.9. The van der Waals surface area contributed by atoms with Gasteiger partial charge >= 0.3 is 0 Å². The van der Waals surface area contributed by atoms with Crippen LogP contribution in [0.2, 0.25) is 0 Å². The Morgan fingerprint density at radius 1 is 1.26 bits per heavy atom. The molecular formula is C13H17BrN2O2S. The van der Waals surface area contributed by atoms with Crippen molar-refractivity contribution in [3.63, 3.8) is 0 Å². The standard InChI is InChI=1S/C13H17BrN2O2S/c1-10(17)16-6-2-5-15(7-8-16)9-11(18)12-3-4-13(14)19-12/h3-4H,2,5-9H2,1H3. The molecule has 1 aromatic heterocycles. The molecule has 1 fully saturated rings. The highest BCUT2D eigenvalue weighted by Gasteiger charge is 2.19. The zero-order chi connectivity index (χ0) is 13.8. The van der Waals surface area contributed by atoms with Gasteiger partial charge in [0.15, 0.2) is 5.78 Å². The smallest absolute Gasteiger partial charge is 0.219 e. The van der Waals surface area contributed by atoms with Crippen LogP contribution in [0.25, 0.3) is 0 Å². The number of carbonyl (C=O) groups is 2. The first-order valence-corrected chi connectivity index (χ1v) is 7.93. The van der Waals surface area contributed by atoms with Crippen molar-refractivity contribution in [1.82, 2.24) is 9.80 Å². The van der Waals surface area contributed by atoms with Crippen molar-refractivity contribution in [3.05, 3.63) is 20.8 Å². The molecule has 19 heavy (non-hydrogen) atoms. The SMILES string of the molecule is CC(=O)N1CCCN(CC(=O)c2ccc(Br)s2)CC1. The van der Waals surface area contributed by atoms with Gasteiger partial charge in [0.2, 0.25) is 5.91 Å². The molecule has 0 bridgehead atoms. The maximum Gasteiger partial charge on any atom is 0.219 e. The summed E-state index contributed by atoms with van der Waals surface area (Å²) in [5, 5.41) is 0. The molecule has 6 heteroatoms. The third kappa shape index (κ3) is 4.12. The van der Waals surface area contributed by atoms with Gasteiger partial charge in [-0.05, 0) is 34.5 Å². The number of carbonyl (C=O) groups excluding carboxylic acids is 2. The van der Waals surface area contributed by atoms with Crippen molar-refractivity contribution in [2.24, 2.45) is 0 Å². The van der Waals surface area contributed by atoms with Crippen molar-refractivity contribution in [3.8, 4) is 0 Å². The van der Waals surface area contributed by atoms with E-state index in [-0.39, 0.29) is 11.7 Å². The van der Waals surface area contributed by atoms with Gasteiger partial charge in [0.05, 0.1) is 15.2 Å². The highest BCUT2D eigenvalue weighted by molar-refractivity contribution is 9.11. The van der Waals surface area contributed by atoms with Crippen LogP contribution in [0.15, 0.2) is 15.9 Å². The summed E-state index contributed by atoms with van der Waals surface area (Å²) in [4.78, 5) is 28.2. The van der Waals surface area contributed by atoms with E-state index in [0.717, 1.165) is 41.3 Å². The monoisotopic (exact) mass is 344 g/mol. The van der Waals surface area contributed by atoms with E-state index in [0.29, 0.717) is 6.54 Å². The minimum absolute atomic E-state index is 0.121. The lowest BCUT2D eigenvalue weighted by Gasteiger charge is -2.20. The Kier molecular flexibility index (Phi) is 5.13. The van der Waals surface area contributed by atoms with Crippen LogP contribution in [0.4, 0.5) is 0 Å². The Bertz CT molecular complexity index is 475. The largest absolute Gasteiger partial charge is 0.342 e. The summed E-state index contributed by atoms with van der Waals surface area (Å²) >= 11 is 4.84. The third-order valence-electron chi connectivity index (χ3n) is 3.25. The van der Waals surface area contributed by atoms with Crippen molar-refractivity contribution in [2.75, 3.05) is 32.7 Å². The summed E-state index contributed by atoms with van der Waals surface area (Å²) in [5.41, 5.74) is 0. The molecule has 1 aliphatic rings. The molecule has 0 aliphatic carbocycles. The van der Waals surface area contributed by atoms with Crippen molar-refractivity contribution < 1.29 is 9.59 Å². The lowest BCUT2D eigenvalue weighted by atomic mass is 10.3. The average Bonchev–Trinajstić information content (AvgIpc) is 2.65. The minimum atomic E-state index is 0.121. The number of rotatable bonds is 3. The van der Waals surface area contributed by atoms with Gasteiger partial charge in [-0.2, -0.15) is 0 Å². The molecule has 0 radical (unpaired) electrons. The molecule has 1 aliphatic heterocycles. The maximum absolute atomic E-state index is 12.1. The molecule has 2 heterocycles. The zero-order valence-corrected chi connectivity index (χ0v) is 13.3. The van der Waals surface area contributed by atoms with Crippen LogP contribution in [0.3, 0.4) is 0 Å². The van der Waals surface area contributed by atoms with Crippen LogP contribution in [0.1, 0.15) is 23.0 Å². The van der Waals surface area contributed by atoms with Crippen LogP contribution < -0.4 is 0 Å². The molecule has 0 unspecified atom stereocenters. The molecule has 0 atom stereocenters. The number of hydrogen-bond acceptors (Lipinski definition) is 4. The topological polar surface area (TPSA) is 40.6 Å². The molecule has 0 aromatic carbocycles. The summed E-state index contributed by atoms with van der Waals surface area (Å²) in [6, 6.07) is 3.76. The van der Waals surface area contributed by atoms with E-state index in [2.05, 4.69) is 20.8 Å². The summed E-state index contributed by atoms with van der Waals surface area (Å²) in [6.45, 7) is 5.21. The van der Waals surface area contributed by atoms with E-state index < -0.39 is 0 Å². The Hall–Kier alpha value is -0.720. The number of amides is 1. The van der Waals surface area contributed by atoms with Crippen LogP contribution in [0, 0.1) is 0 Å². The van der Waals surface area contributed by atoms with Gasteiger partial charge in [0, 0.05) is 33.1 Å².